The van der Waals surface area contributed by atoms with Crippen molar-refractivity contribution >= 4 is 11.8 Å². The highest BCUT2D eigenvalue weighted by Gasteiger charge is 2.47. The summed E-state index contributed by atoms with van der Waals surface area (Å²) in [7, 11) is 3.29. The van der Waals surface area contributed by atoms with Crippen LogP contribution in [0.15, 0.2) is 17.0 Å². The van der Waals surface area contributed by atoms with E-state index in [4.69, 9.17) is 9.47 Å². The largest absolute Gasteiger partial charge is 0.496 e. The normalized spacial score (nSPS) is 16.1. The van der Waals surface area contributed by atoms with Crippen molar-refractivity contribution in [3.63, 3.8) is 0 Å². The number of thioether (sulfide) groups is 1. The van der Waals surface area contributed by atoms with E-state index in [1.165, 1.54) is 0 Å². The van der Waals surface area contributed by atoms with Gasteiger partial charge in [-0.25, -0.2) is 0 Å². The number of rotatable bonds is 4. The standard InChI is InChI=1S/C13H15NO2S/c1-15-10-7-12(17-3)11(16-2)6-9(10)13(8-14)4-5-13/h6-7H,4-5H2,1-3H3. The smallest absolute Gasteiger partial charge is 0.133 e. The molecule has 2 rings (SSSR count). The molecule has 1 saturated carbocycles. The third kappa shape index (κ3) is 1.96. The minimum absolute atomic E-state index is 0.352. The van der Waals surface area contributed by atoms with Crippen LogP contribution in [0.5, 0.6) is 11.5 Å². The van der Waals surface area contributed by atoms with Crippen LogP contribution in [0, 0.1) is 11.3 Å². The SMILES string of the molecule is COc1cc(C2(C#N)CC2)c(OC)cc1SC. The van der Waals surface area contributed by atoms with Crippen LogP contribution in [0.25, 0.3) is 0 Å². The van der Waals surface area contributed by atoms with Gasteiger partial charge in [-0.3, -0.25) is 0 Å². The van der Waals surface area contributed by atoms with Gasteiger partial charge in [0.2, 0.25) is 0 Å². The summed E-state index contributed by atoms with van der Waals surface area (Å²) in [5.74, 6) is 1.60. The number of benzene rings is 1. The lowest BCUT2D eigenvalue weighted by molar-refractivity contribution is 0.389. The van der Waals surface area contributed by atoms with Crippen molar-refractivity contribution in [3.05, 3.63) is 17.7 Å². The number of nitriles is 1. The van der Waals surface area contributed by atoms with E-state index in [1.54, 1.807) is 26.0 Å². The van der Waals surface area contributed by atoms with E-state index in [-0.39, 0.29) is 5.41 Å². The summed E-state index contributed by atoms with van der Waals surface area (Å²) in [4.78, 5) is 1.03. The molecule has 0 N–H and O–H groups in total. The van der Waals surface area contributed by atoms with Gasteiger partial charge >= 0.3 is 0 Å². The molecule has 0 amide bonds. The lowest BCUT2D eigenvalue weighted by Crippen LogP contribution is -2.06. The van der Waals surface area contributed by atoms with E-state index < -0.39 is 0 Å². The van der Waals surface area contributed by atoms with Crippen LogP contribution in [0.3, 0.4) is 0 Å². The first kappa shape index (κ1) is 12.1. The third-order valence-electron chi connectivity index (χ3n) is 3.19. The zero-order valence-electron chi connectivity index (χ0n) is 10.2. The van der Waals surface area contributed by atoms with Crippen molar-refractivity contribution in [2.75, 3.05) is 20.5 Å². The average molecular weight is 249 g/mol. The highest BCUT2D eigenvalue weighted by molar-refractivity contribution is 7.98. The van der Waals surface area contributed by atoms with Crippen LogP contribution in [0.1, 0.15) is 18.4 Å². The molecule has 0 radical (unpaired) electrons. The van der Waals surface area contributed by atoms with Crippen molar-refractivity contribution in [2.24, 2.45) is 0 Å². The molecule has 0 atom stereocenters. The zero-order valence-corrected chi connectivity index (χ0v) is 11.1. The lowest BCUT2D eigenvalue weighted by atomic mass is 9.96. The van der Waals surface area contributed by atoms with Gasteiger partial charge in [0.1, 0.15) is 11.5 Å². The number of methoxy groups -OCH3 is 2. The molecular weight excluding hydrogens is 234 g/mol. The predicted molar refractivity (Wildman–Crippen MR) is 67.9 cm³/mol. The molecule has 3 nitrogen and oxygen atoms in total. The van der Waals surface area contributed by atoms with Gasteiger partial charge < -0.3 is 9.47 Å². The van der Waals surface area contributed by atoms with E-state index >= 15 is 0 Å². The molecule has 1 aliphatic carbocycles. The number of hydrogen-bond acceptors (Lipinski definition) is 4. The second kappa shape index (κ2) is 4.50. The fraction of sp³-hybridized carbons (Fsp3) is 0.462. The van der Waals surface area contributed by atoms with E-state index in [0.29, 0.717) is 0 Å². The van der Waals surface area contributed by atoms with E-state index in [2.05, 4.69) is 6.07 Å². The first-order valence-corrected chi connectivity index (χ1v) is 6.65. The van der Waals surface area contributed by atoms with Crippen LogP contribution in [0.2, 0.25) is 0 Å². The highest BCUT2D eigenvalue weighted by Crippen LogP contribution is 2.52. The number of nitrogens with zero attached hydrogens (tertiary/aromatic N) is 1. The summed E-state index contributed by atoms with van der Waals surface area (Å²) in [6, 6.07) is 6.29. The topological polar surface area (TPSA) is 42.2 Å². The summed E-state index contributed by atoms with van der Waals surface area (Å²) in [6.07, 6.45) is 3.80. The third-order valence-corrected chi connectivity index (χ3v) is 3.94. The van der Waals surface area contributed by atoms with Crippen molar-refractivity contribution in [3.8, 4) is 17.6 Å². The Balaban J connectivity index is 2.55. The Hall–Kier alpha value is -1.34. The molecular formula is C13H15NO2S. The van der Waals surface area contributed by atoms with Crippen LogP contribution < -0.4 is 9.47 Å². The monoisotopic (exact) mass is 249 g/mol. The fourth-order valence-electron chi connectivity index (χ4n) is 1.97. The zero-order chi connectivity index (χ0) is 12.5. The minimum Gasteiger partial charge on any atom is -0.496 e. The number of hydrogen-bond donors (Lipinski definition) is 0. The molecule has 1 aromatic carbocycles. The molecule has 0 bridgehead atoms. The van der Waals surface area contributed by atoms with Crippen molar-refractivity contribution in [1.29, 1.82) is 5.26 Å². The summed E-state index contributed by atoms with van der Waals surface area (Å²) in [5.41, 5.74) is 0.604. The van der Waals surface area contributed by atoms with Gasteiger partial charge in [0.25, 0.3) is 0 Å². The predicted octanol–water partition coefficient (Wildman–Crippen LogP) is 2.98. The number of ether oxygens (including phenoxy) is 2. The Kier molecular flexibility index (Phi) is 3.21. The maximum absolute atomic E-state index is 9.27. The molecule has 4 heteroatoms. The van der Waals surface area contributed by atoms with Crippen molar-refractivity contribution < 1.29 is 9.47 Å². The Bertz CT molecular complexity index is 475. The van der Waals surface area contributed by atoms with Gasteiger partial charge in [0.15, 0.2) is 0 Å². The summed E-state index contributed by atoms with van der Waals surface area (Å²) < 4.78 is 10.8. The van der Waals surface area contributed by atoms with Gasteiger partial charge in [0.05, 0.1) is 30.6 Å². The molecule has 1 aliphatic rings. The molecule has 0 heterocycles. The quantitative estimate of drug-likeness (QED) is 0.769. The van der Waals surface area contributed by atoms with Gasteiger partial charge in [-0.15, -0.1) is 11.8 Å². The summed E-state index contributed by atoms with van der Waals surface area (Å²) in [5, 5.41) is 9.27. The molecule has 0 unspecified atom stereocenters. The Morgan fingerprint density at radius 2 is 1.88 bits per heavy atom. The average Bonchev–Trinajstić information content (AvgIpc) is 3.18. The van der Waals surface area contributed by atoms with Gasteiger partial charge in [-0.1, -0.05) is 0 Å². The Morgan fingerprint density at radius 1 is 1.24 bits per heavy atom. The molecule has 0 aromatic heterocycles. The highest BCUT2D eigenvalue weighted by atomic mass is 32.2. The van der Waals surface area contributed by atoms with Crippen LogP contribution in [0.4, 0.5) is 0 Å². The van der Waals surface area contributed by atoms with Crippen molar-refractivity contribution in [2.45, 2.75) is 23.2 Å². The molecule has 1 fully saturated rings. The summed E-state index contributed by atoms with van der Waals surface area (Å²) in [6.45, 7) is 0. The molecule has 17 heavy (non-hydrogen) atoms. The van der Waals surface area contributed by atoms with Gasteiger partial charge in [-0.2, -0.15) is 5.26 Å². The van der Waals surface area contributed by atoms with Crippen LogP contribution >= 0.6 is 11.8 Å². The molecule has 90 valence electrons. The molecule has 0 spiro atoms. The van der Waals surface area contributed by atoms with Gasteiger partial charge in [-0.05, 0) is 31.2 Å². The van der Waals surface area contributed by atoms with Crippen molar-refractivity contribution in [1.82, 2.24) is 0 Å². The van der Waals surface area contributed by atoms with Crippen LogP contribution in [-0.2, 0) is 5.41 Å². The summed E-state index contributed by atoms with van der Waals surface area (Å²) >= 11 is 1.61. The first-order valence-electron chi connectivity index (χ1n) is 5.42. The lowest BCUT2D eigenvalue weighted by Gasteiger charge is -2.16. The maximum Gasteiger partial charge on any atom is 0.133 e. The second-order valence-electron chi connectivity index (χ2n) is 4.10. The molecule has 1 aromatic rings. The maximum atomic E-state index is 9.27. The van der Waals surface area contributed by atoms with Crippen LogP contribution in [-0.4, -0.2) is 20.5 Å². The van der Waals surface area contributed by atoms with Gasteiger partial charge in [0, 0.05) is 5.56 Å². The minimum atomic E-state index is -0.352. The Labute approximate surface area is 106 Å². The van der Waals surface area contributed by atoms with E-state index in [9.17, 15) is 5.26 Å². The van der Waals surface area contributed by atoms with E-state index in [0.717, 1.165) is 34.8 Å². The molecule has 0 saturated heterocycles. The first-order chi connectivity index (χ1) is 8.20. The second-order valence-corrected chi connectivity index (χ2v) is 4.95. The molecule has 0 aliphatic heterocycles. The fourth-order valence-corrected chi connectivity index (χ4v) is 2.54. The van der Waals surface area contributed by atoms with E-state index in [1.807, 2.05) is 18.4 Å². The Morgan fingerprint density at radius 3 is 2.29 bits per heavy atom.